The number of aryl methyl sites for hydroxylation is 1. The molecule has 4 heterocycles. The third-order valence-corrected chi connectivity index (χ3v) is 7.34. The molecule has 4 rings (SSSR count). The molecule has 2 amide bonds. The molecular formula is C18H19N9O5S2. The predicted molar refractivity (Wildman–Crippen MR) is 121 cm³/mol. The van der Waals surface area contributed by atoms with Crippen LogP contribution in [0.3, 0.4) is 0 Å². The van der Waals surface area contributed by atoms with Crippen molar-refractivity contribution in [2.75, 3.05) is 24.3 Å². The molecule has 2 aliphatic heterocycles. The number of nitrogens with two attached hydrogens (primary N) is 1. The molecule has 0 aliphatic carbocycles. The molecule has 0 saturated carbocycles. The first-order valence-electron chi connectivity index (χ1n) is 9.72. The van der Waals surface area contributed by atoms with Crippen molar-refractivity contribution in [1.29, 1.82) is 0 Å². The zero-order chi connectivity index (χ0) is 24.4. The molecule has 2 aromatic rings. The molecular weight excluding hydrogens is 486 g/mol. The number of carbonyl (C=O) groups excluding carboxylic acids is 2. The van der Waals surface area contributed by atoms with Crippen molar-refractivity contribution in [1.82, 2.24) is 35.4 Å². The Bertz CT molecular complexity index is 1210. The number of anilines is 1. The van der Waals surface area contributed by atoms with Gasteiger partial charge in [0.15, 0.2) is 5.71 Å². The maximum absolute atomic E-state index is 12.9. The van der Waals surface area contributed by atoms with Crippen LogP contribution in [-0.4, -0.2) is 88.7 Å². The highest BCUT2D eigenvalue weighted by Gasteiger charge is 2.54. The lowest BCUT2D eigenvalue weighted by atomic mass is 10.0. The summed E-state index contributed by atoms with van der Waals surface area (Å²) < 4.78 is 1.47. The number of hydrogen-bond donors (Lipinski definition) is 3. The highest BCUT2D eigenvalue weighted by molar-refractivity contribution is 8.01. The van der Waals surface area contributed by atoms with Crippen molar-refractivity contribution in [3.63, 3.8) is 0 Å². The molecule has 1 unspecified atom stereocenters. The Morgan fingerprint density at radius 3 is 2.88 bits per heavy atom. The summed E-state index contributed by atoms with van der Waals surface area (Å²) in [5, 5.41) is 27.2. The summed E-state index contributed by atoms with van der Waals surface area (Å²) in [6.45, 7) is 0. The van der Waals surface area contributed by atoms with Gasteiger partial charge >= 0.3 is 5.97 Å². The van der Waals surface area contributed by atoms with Crippen molar-refractivity contribution in [3.05, 3.63) is 35.2 Å². The molecule has 16 heteroatoms. The van der Waals surface area contributed by atoms with E-state index in [2.05, 4.69) is 31.0 Å². The van der Waals surface area contributed by atoms with Crippen LogP contribution < -0.4 is 11.1 Å². The van der Waals surface area contributed by atoms with E-state index in [0.29, 0.717) is 22.2 Å². The number of carbonyl (C=O) groups is 3. The van der Waals surface area contributed by atoms with E-state index in [1.165, 1.54) is 46.3 Å². The summed E-state index contributed by atoms with van der Waals surface area (Å²) in [5.41, 5.74) is 6.16. The van der Waals surface area contributed by atoms with E-state index in [9.17, 15) is 19.5 Å². The largest absolute Gasteiger partial charge is 0.477 e. The first-order chi connectivity index (χ1) is 16.3. The fourth-order valence-corrected chi connectivity index (χ4v) is 5.71. The number of tetrazole rings is 1. The van der Waals surface area contributed by atoms with Gasteiger partial charge in [-0.05, 0) is 28.1 Å². The van der Waals surface area contributed by atoms with Gasteiger partial charge in [-0.1, -0.05) is 23.0 Å². The summed E-state index contributed by atoms with van der Waals surface area (Å²) >= 11 is 2.62. The van der Waals surface area contributed by atoms with Crippen LogP contribution >= 0.6 is 23.5 Å². The SMILES string of the molecule is CON=C(C(=O)NC1C(=O)N2C(C(=O)O)=C(CSc3nnnn3C)CS[C@H]12)c1cccc(N)n1. The van der Waals surface area contributed by atoms with Crippen LogP contribution in [0.15, 0.2) is 39.8 Å². The quantitative estimate of drug-likeness (QED) is 0.173. The molecule has 0 spiro atoms. The van der Waals surface area contributed by atoms with E-state index in [4.69, 9.17) is 10.6 Å². The van der Waals surface area contributed by atoms with E-state index in [-0.39, 0.29) is 22.9 Å². The number of pyridine rings is 1. The van der Waals surface area contributed by atoms with Crippen LogP contribution in [-0.2, 0) is 26.3 Å². The van der Waals surface area contributed by atoms with Gasteiger partial charge in [0.05, 0.1) is 0 Å². The lowest BCUT2D eigenvalue weighted by Gasteiger charge is -2.49. The van der Waals surface area contributed by atoms with Crippen LogP contribution in [0.25, 0.3) is 0 Å². The van der Waals surface area contributed by atoms with Crippen LogP contribution in [0.1, 0.15) is 5.69 Å². The molecule has 1 saturated heterocycles. The first kappa shape index (κ1) is 23.5. The van der Waals surface area contributed by atoms with Crippen LogP contribution in [0.4, 0.5) is 5.82 Å². The molecule has 14 nitrogen and oxygen atoms in total. The maximum atomic E-state index is 12.9. The van der Waals surface area contributed by atoms with Crippen LogP contribution in [0.5, 0.6) is 0 Å². The number of carboxylic acids is 1. The second kappa shape index (κ2) is 9.68. The Hall–Kier alpha value is -3.66. The van der Waals surface area contributed by atoms with E-state index >= 15 is 0 Å². The number of nitrogen functional groups attached to an aromatic ring is 1. The fourth-order valence-electron chi connectivity index (χ4n) is 3.38. The topological polar surface area (TPSA) is 191 Å². The number of oxime groups is 1. The summed E-state index contributed by atoms with van der Waals surface area (Å²) in [5.74, 6) is -1.63. The van der Waals surface area contributed by atoms with E-state index in [1.54, 1.807) is 19.2 Å². The number of nitrogens with one attached hydrogen (secondary N) is 1. The van der Waals surface area contributed by atoms with Gasteiger partial charge in [0.2, 0.25) is 5.16 Å². The molecule has 178 valence electrons. The molecule has 2 atom stereocenters. The Balaban J connectivity index is 1.50. The number of thioether (sulfide) groups is 2. The van der Waals surface area contributed by atoms with Crippen molar-refractivity contribution in [2.24, 2.45) is 12.2 Å². The lowest BCUT2D eigenvalue weighted by molar-refractivity contribution is -0.150. The van der Waals surface area contributed by atoms with Crippen molar-refractivity contribution in [2.45, 2.75) is 16.6 Å². The molecule has 2 aliphatic rings. The fraction of sp³-hybridized carbons (Fsp3) is 0.333. The van der Waals surface area contributed by atoms with Crippen molar-refractivity contribution in [3.8, 4) is 0 Å². The smallest absolute Gasteiger partial charge is 0.352 e. The van der Waals surface area contributed by atoms with Gasteiger partial charge in [0.1, 0.15) is 35.7 Å². The number of β-lactam (4-membered cyclic amide) rings is 1. The van der Waals surface area contributed by atoms with E-state index in [1.807, 2.05) is 0 Å². The average Bonchev–Trinajstić information content (AvgIpc) is 3.23. The maximum Gasteiger partial charge on any atom is 0.352 e. The van der Waals surface area contributed by atoms with Gasteiger partial charge in [0, 0.05) is 18.6 Å². The Labute approximate surface area is 201 Å². The van der Waals surface area contributed by atoms with Gasteiger partial charge in [-0.2, -0.15) is 0 Å². The minimum absolute atomic E-state index is 0.0924. The van der Waals surface area contributed by atoms with Crippen LogP contribution in [0, 0.1) is 0 Å². The number of aromatic nitrogens is 5. The monoisotopic (exact) mass is 505 g/mol. The second-order valence-electron chi connectivity index (χ2n) is 7.06. The average molecular weight is 506 g/mol. The third-order valence-electron chi connectivity index (χ3n) is 4.90. The number of fused-ring (bicyclic) bond motifs is 1. The van der Waals surface area contributed by atoms with Gasteiger partial charge in [-0.25, -0.2) is 14.5 Å². The standard InChI is InChI=1S/C18H19N9O5S2/c1-26-18(22-24-25-26)34-7-8-6-33-16-12(15(29)27(16)13(8)17(30)31)21-14(28)11(23-32-2)9-4-3-5-10(19)20-9/h3-5,12,16H,6-7H2,1-2H3,(H2,19,20)(H,21,28)(H,30,31)/t12?,16-/m1/s1. The normalized spacial score (nSPS) is 20.0. The minimum atomic E-state index is -1.22. The lowest BCUT2D eigenvalue weighted by Crippen LogP contribution is -2.71. The summed E-state index contributed by atoms with van der Waals surface area (Å²) in [6, 6.07) is 3.74. The van der Waals surface area contributed by atoms with Gasteiger partial charge in [-0.3, -0.25) is 14.5 Å². The molecule has 4 N–H and O–H groups in total. The number of aliphatic carboxylic acids is 1. The highest BCUT2D eigenvalue weighted by atomic mass is 32.2. The number of hydrogen-bond acceptors (Lipinski definition) is 12. The number of nitrogens with zero attached hydrogens (tertiary/aromatic N) is 7. The first-order valence-corrected chi connectivity index (χ1v) is 11.7. The predicted octanol–water partition coefficient (Wildman–Crippen LogP) is -0.931. The van der Waals surface area contributed by atoms with E-state index < -0.39 is 29.2 Å². The number of rotatable bonds is 8. The molecule has 2 aromatic heterocycles. The van der Waals surface area contributed by atoms with Gasteiger partial charge < -0.3 is 21.0 Å². The highest BCUT2D eigenvalue weighted by Crippen LogP contribution is 2.41. The Morgan fingerprint density at radius 1 is 1.44 bits per heavy atom. The zero-order valence-electron chi connectivity index (χ0n) is 17.9. The van der Waals surface area contributed by atoms with Gasteiger partial charge in [0.25, 0.3) is 11.8 Å². The number of amides is 2. The summed E-state index contributed by atoms with van der Waals surface area (Å²) in [4.78, 5) is 47.8. The zero-order valence-corrected chi connectivity index (χ0v) is 19.5. The molecule has 1 fully saturated rings. The van der Waals surface area contributed by atoms with Gasteiger partial charge in [-0.15, -0.1) is 16.9 Å². The molecule has 34 heavy (non-hydrogen) atoms. The number of carboxylic acid groups (broad SMARTS) is 1. The van der Waals surface area contributed by atoms with E-state index in [0.717, 1.165) is 0 Å². The van der Waals surface area contributed by atoms with Crippen molar-refractivity contribution < 1.29 is 24.3 Å². The Morgan fingerprint density at radius 2 is 2.24 bits per heavy atom. The summed E-state index contributed by atoms with van der Waals surface area (Å²) in [6.07, 6.45) is 0. The molecule has 0 bridgehead atoms. The molecule has 0 radical (unpaired) electrons. The van der Waals surface area contributed by atoms with Crippen molar-refractivity contribution >= 4 is 52.8 Å². The van der Waals surface area contributed by atoms with Crippen LogP contribution in [0.2, 0.25) is 0 Å². The Kier molecular flexibility index (Phi) is 6.69. The second-order valence-corrected chi connectivity index (χ2v) is 9.11. The minimum Gasteiger partial charge on any atom is -0.477 e. The third kappa shape index (κ3) is 4.41. The molecule has 0 aromatic carbocycles. The summed E-state index contributed by atoms with van der Waals surface area (Å²) in [7, 11) is 2.94.